The van der Waals surface area contributed by atoms with Gasteiger partial charge in [0.05, 0.1) is 11.3 Å². The Morgan fingerprint density at radius 3 is 2.75 bits per heavy atom. The molecule has 5 heteroatoms. The van der Waals surface area contributed by atoms with Crippen LogP contribution in [0.2, 0.25) is 5.15 Å². The molecule has 106 valence electrons. The molecule has 0 N–H and O–H groups in total. The lowest BCUT2D eigenvalue weighted by atomic mass is 10.0. The number of aryl methyl sites for hydroxylation is 2. The predicted octanol–water partition coefficient (Wildman–Crippen LogP) is 3.75. The first-order chi connectivity index (χ1) is 9.67. The van der Waals surface area contributed by atoms with E-state index in [2.05, 4.69) is 17.0 Å². The SMILES string of the molecule is CCc1nn(C)cc1-c1nc(Cl)cc(C2CCCC2)n1. The van der Waals surface area contributed by atoms with Crippen LogP contribution in [0, 0.1) is 0 Å². The Balaban J connectivity index is 2.04. The topological polar surface area (TPSA) is 43.6 Å². The maximum Gasteiger partial charge on any atom is 0.164 e. The van der Waals surface area contributed by atoms with Crippen LogP contribution in [0.25, 0.3) is 11.4 Å². The molecule has 0 aromatic carbocycles. The molecule has 2 heterocycles. The van der Waals surface area contributed by atoms with Crippen LogP contribution < -0.4 is 0 Å². The van der Waals surface area contributed by atoms with Crippen molar-refractivity contribution in [1.82, 2.24) is 19.7 Å². The van der Waals surface area contributed by atoms with Gasteiger partial charge in [-0.05, 0) is 25.3 Å². The Morgan fingerprint density at radius 1 is 1.30 bits per heavy atom. The first-order valence-electron chi connectivity index (χ1n) is 7.24. The second kappa shape index (κ2) is 5.52. The second-order valence-corrected chi connectivity index (χ2v) is 5.82. The third-order valence-electron chi connectivity index (χ3n) is 3.97. The van der Waals surface area contributed by atoms with Crippen molar-refractivity contribution in [3.05, 3.63) is 28.8 Å². The van der Waals surface area contributed by atoms with Gasteiger partial charge < -0.3 is 0 Å². The number of aromatic nitrogens is 4. The molecule has 1 aliphatic rings. The van der Waals surface area contributed by atoms with E-state index >= 15 is 0 Å². The van der Waals surface area contributed by atoms with E-state index in [1.807, 2.05) is 24.0 Å². The molecule has 1 aliphatic carbocycles. The maximum absolute atomic E-state index is 6.20. The molecule has 0 spiro atoms. The third kappa shape index (κ3) is 2.57. The van der Waals surface area contributed by atoms with E-state index in [1.165, 1.54) is 25.7 Å². The monoisotopic (exact) mass is 290 g/mol. The Bertz CT molecular complexity index is 614. The molecule has 0 bridgehead atoms. The van der Waals surface area contributed by atoms with E-state index in [-0.39, 0.29) is 0 Å². The number of nitrogens with zero attached hydrogens (tertiary/aromatic N) is 4. The highest BCUT2D eigenvalue weighted by molar-refractivity contribution is 6.29. The summed E-state index contributed by atoms with van der Waals surface area (Å²) < 4.78 is 1.81. The fourth-order valence-electron chi connectivity index (χ4n) is 2.97. The lowest BCUT2D eigenvalue weighted by Gasteiger charge is -2.10. The number of hydrogen-bond donors (Lipinski definition) is 0. The van der Waals surface area contributed by atoms with Gasteiger partial charge in [-0.3, -0.25) is 4.68 Å². The Hall–Kier alpha value is -1.42. The highest BCUT2D eigenvalue weighted by Crippen LogP contribution is 2.34. The van der Waals surface area contributed by atoms with Crippen LogP contribution in [0.3, 0.4) is 0 Å². The summed E-state index contributed by atoms with van der Waals surface area (Å²) in [7, 11) is 1.92. The molecule has 0 saturated heterocycles. The van der Waals surface area contributed by atoms with Crippen molar-refractivity contribution in [3.8, 4) is 11.4 Å². The minimum Gasteiger partial charge on any atom is -0.275 e. The lowest BCUT2D eigenvalue weighted by Crippen LogP contribution is -2.01. The van der Waals surface area contributed by atoms with E-state index in [4.69, 9.17) is 16.6 Å². The zero-order valence-electron chi connectivity index (χ0n) is 11.9. The largest absolute Gasteiger partial charge is 0.275 e. The summed E-state index contributed by atoms with van der Waals surface area (Å²) >= 11 is 6.20. The van der Waals surface area contributed by atoms with Gasteiger partial charge in [-0.2, -0.15) is 5.10 Å². The van der Waals surface area contributed by atoms with Crippen molar-refractivity contribution >= 4 is 11.6 Å². The average Bonchev–Trinajstić information content (AvgIpc) is 3.06. The fraction of sp³-hybridized carbons (Fsp3) is 0.533. The molecular formula is C15H19ClN4. The number of halogens is 1. The maximum atomic E-state index is 6.20. The van der Waals surface area contributed by atoms with Gasteiger partial charge in [0.1, 0.15) is 5.15 Å². The molecule has 3 rings (SSSR count). The Morgan fingerprint density at radius 2 is 2.05 bits per heavy atom. The zero-order chi connectivity index (χ0) is 14.1. The molecule has 0 radical (unpaired) electrons. The second-order valence-electron chi connectivity index (χ2n) is 5.44. The van der Waals surface area contributed by atoms with Gasteiger partial charge in [0.2, 0.25) is 0 Å². The van der Waals surface area contributed by atoms with E-state index in [0.29, 0.717) is 16.9 Å². The predicted molar refractivity (Wildman–Crippen MR) is 79.8 cm³/mol. The minimum atomic E-state index is 0.530. The molecule has 20 heavy (non-hydrogen) atoms. The molecule has 1 saturated carbocycles. The van der Waals surface area contributed by atoms with Crippen LogP contribution in [0.15, 0.2) is 12.3 Å². The first-order valence-corrected chi connectivity index (χ1v) is 7.62. The molecule has 0 aliphatic heterocycles. The normalized spacial score (nSPS) is 15.9. The van der Waals surface area contributed by atoms with Crippen LogP contribution in [0.1, 0.15) is 49.9 Å². The zero-order valence-corrected chi connectivity index (χ0v) is 12.7. The fourth-order valence-corrected chi connectivity index (χ4v) is 3.16. The summed E-state index contributed by atoms with van der Waals surface area (Å²) in [5, 5.41) is 4.99. The molecule has 0 amide bonds. The van der Waals surface area contributed by atoms with Gasteiger partial charge >= 0.3 is 0 Å². The summed E-state index contributed by atoms with van der Waals surface area (Å²) in [4.78, 5) is 9.16. The highest BCUT2D eigenvalue weighted by atomic mass is 35.5. The van der Waals surface area contributed by atoms with E-state index in [1.54, 1.807) is 0 Å². The minimum absolute atomic E-state index is 0.530. The van der Waals surface area contributed by atoms with E-state index in [9.17, 15) is 0 Å². The van der Waals surface area contributed by atoms with Crippen LogP contribution in [-0.2, 0) is 13.5 Å². The first kappa shape index (κ1) is 13.6. The Kier molecular flexibility index (Phi) is 3.74. The molecule has 0 atom stereocenters. The number of rotatable bonds is 3. The molecule has 1 fully saturated rings. The molecule has 2 aromatic heterocycles. The molecular weight excluding hydrogens is 272 g/mol. The van der Waals surface area contributed by atoms with Crippen LogP contribution in [-0.4, -0.2) is 19.7 Å². The van der Waals surface area contributed by atoms with Gasteiger partial charge in [0.25, 0.3) is 0 Å². The standard InChI is InChI=1S/C15H19ClN4/c1-3-12-11(9-20(2)19-12)15-17-13(8-14(16)18-15)10-6-4-5-7-10/h8-10H,3-7H2,1-2H3. The summed E-state index contributed by atoms with van der Waals surface area (Å²) in [5.41, 5.74) is 3.10. The van der Waals surface area contributed by atoms with Crippen molar-refractivity contribution in [2.24, 2.45) is 7.05 Å². The van der Waals surface area contributed by atoms with Crippen LogP contribution in [0.5, 0.6) is 0 Å². The third-order valence-corrected chi connectivity index (χ3v) is 4.16. The van der Waals surface area contributed by atoms with Crippen LogP contribution in [0.4, 0.5) is 0 Å². The van der Waals surface area contributed by atoms with Gasteiger partial charge in [-0.15, -0.1) is 0 Å². The molecule has 0 unspecified atom stereocenters. The van der Waals surface area contributed by atoms with Gasteiger partial charge in [0, 0.05) is 24.9 Å². The summed E-state index contributed by atoms with van der Waals surface area (Å²) in [6.45, 7) is 2.09. The lowest BCUT2D eigenvalue weighted by molar-refractivity contribution is 0.695. The molecule has 2 aromatic rings. The van der Waals surface area contributed by atoms with Crippen molar-refractivity contribution in [3.63, 3.8) is 0 Å². The van der Waals surface area contributed by atoms with Crippen LogP contribution >= 0.6 is 11.6 Å². The van der Waals surface area contributed by atoms with Gasteiger partial charge in [-0.25, -0.2) is 9.97 Å². The van der Waals surface area contributed by atoms with Crippen molar-refractivity contribution in [2.45, 2.75) is 44.9 Å². The Labute approximate surface area is 124 Å². The quantitative estimate of drug-likeness (QED) is 0.809. The highest BCUT2D eigenvalue weighted by Gasteiger charge is 2.21. The summed E-state index contributed by atoms with van der Waals surface area (Å²) in [6, 6.07) is 1.92. The van der Waals surface area contributed by atoms with E-state index in [0.717, 1.165) is 23.4 Å². The summed E-state index contributed by atoms with van der Waals surface area (Å²) in [5.74, 6) is 1.25. The molecule has 4 nitrogen and oxygen atoms in total. The average molecular weight is 291 g/mol. The van der Waals surface area contributed by atoms with E-state index < -0.39 is 0 Å². The summed E-state index contributed by atoms with van der Waals surface area (Å²) in [6.07, 6.45) is 7.83. The van der Waals surface area contributed by atoms with Crippen molar-refractivity contribution in [1.29, 1.82) is 0 Å². The van der Waals surface area contributed by atoms with Gasteiger partial charge in [-0.1, -0.05) is 31.4 Å². The van der Waals surface area contributed by atoms with Gasteiger partial charge in [0.15, 0.2) is 5.82 Å². The number of hydrogen-bond acceptors (Lipinski definition) is 3. The van der Waals surface area contributed by atoms with Crippen molar-refractivity contribution < 1.29 is 0 Å². The van der Waals surface area contributed by atoms with Crippen molar-refractivity contribution in [2.75, 3.05) is 0 Å². The smallest absolute Gasteiger partial charge is 0.164 e.